The first-order valence-corrected chi connectivity index (χ1v) is 9.07. The Morgan fingerprint density at radius 1 is 1.07 bits per heavy atom. The number of H-pyrrole nitrogens is 1. The number of carbonyl (C=O) groups excluding carboxylic acids is 1. The first-order chi connectivity index (χ1) is 14.4. The zero-order chi connectivity index (χ0) is 21.5. The molecule has 2 aromatic carbocycles. The molecular weight excluding hydrogens is 390 g/mol. The lowest BCUT2D eigenvalue weighted by Crippen LogP contribution is -2.18. The third-order valence-electron chi connectivity index (χ3n) is 3.97. The van der Waals surface area contributed by atoms with Gasteiger partial charge in [0, 0.05) is 24.8 Å². The fourth-order valence-corrected chi connectivity index (χ4v) is 2.65. The predicted octanol–water partition coefficient (Wildman–Crippen LogP) is 3.57. The smallest absolute Gasteiger partial charge is 0.335 e. The van der Waals surface area contributed by atoms with Crippen LogP contribution < -0.4 is 14.8 Å². The molecule has 9 nitrogen and oxygen atoms in total. The number of amides is 1. The fraction of sp³-hybridized carbons (Fsp3) is 0.190. The highest BCUT2D eigenvalue weighted by Gasteiger charge is 2.14. The number of aromatic nitrogens is 2. The Bertz CT molecular complexity index is 1000. The van der Waals surface area contributed by atoms with Gasteiger partial charge in [0.1, 0.15) is 29.2 Å². The average Bonchev–Trinajstić information content (AvgIpc) is 3.21. The summed E-state index contributed by atoms with van der Waals surface area (Å²) in [5, 5.41) is 18.2. The molecule has 0 saturated heterocycles. The number of rotatable bonds is 9. The van der Waals surface area contributed by atoms with Gasteiger partial charge in [-0.15, -0.1) is 0 Å². The Morgan fingerprint density at radius 3 is 2.43 bits per heavy atom. The van der Waals surface area contributed by atoms with Crippen LogP contribution in [0.1, 0.15) is 27.6 Å². The van der Waals surface area contributed by atoms with Gasteiger partial charge in [-0.3, -0.25) is 9.89 Å². The molecule has 30 heavy (non-hydrogen) atoms. The van der Waals surface area contributed by atoms with E-state index in [1.54, 1.807) is 31.4 Å². The van der Waals surface area contributed by atoms with Gasteiger partial charge in [-0.2, -0.15) is 5.10 Å². The van der Waals surface area contributed by atoms with Gasteiger partial charge in [0.15, 0.2) is 0 Å². The number of aromatic amines is 1. The Morgan fingerprint density at radius 2 is 1.80 bits per heavy atom. The van der Waals surface area contributed by atoms with Crippen molar-refractivity contribution >= 4 is 17.7 Å². The maximum Gasteiger partial charge on any atom is 0.335 e. The summed E-state index contributed by atoms with van der Waals surface area (Å²) in [5.74, 6) is 0.244. The van der Waals surface area contributed by atoms with E-state index < -0.39 is 5.97 Å². The molecule has 1 heterocycles. The number of ether oxygens (including phenoxy) is 3. The van der Waals surface area contributed by atoms with Crippen molar-refractivity contribution in [3.8, 4) is 17.2 Å². The minimum absolute atomic E-state index is 0.146. The minimum Gasteiger partial charge on any atom is -0.488 e. The molecular formula is C21H21N3O6. The van der Waals surface area contributed by atoms with E-state index in [1.807, 2.05) is 6.92 Å². The van der Waals surface area contributed by atoms with E-state index in [0.29, 0.717) is 35.2 Å². The highest BCUT2D eigenvalue weighted by atomic mass is 16.5. The quantitative estimate of drug-likeness (QED) is 0.492. The molecule has 3 aromatic rings. The number of nitrogens with zero attached hydrogens (tertiary/aromatic N) is 1. The van der Waals surface area contributed by atoms with E-state index in [-0.39, 0.29) is 17.6 Å². The maximum absolute atomic E-state index is 12.6. The number of hydrogen-bond donors (Lipinski definition) is 3. The second kappa shape index (κ2) is 9.57. The highest BCUT2D eigenvalue weighted by Crippen LogP contribution is 2.29. The van der Waals surface area contributed by atoms with Gasteiger partial charge in [-0.1, -0.05) is 0 Å². The van der Waals surface area contributed by atoms with Crippen LogP contribution in [0.4, 0.5) is 5.82 Å². The number of nitrogens with one attached hydrogen (secondary N) is 2. The van der Waals surface area contributed by atoms with E-state index in [9.17, 15) is 9.59 Å². The van der Waals surface area contributed by atoms with E-state index >= 15 is 0 Å². The molecule has 0 aliphatic rings. The monoisotopic (exact) mass is 411 g/mol. The molecule has 3 rings (SSSR count). The summed E-state index contributed by atoms with van der Waals surface area (Å²) >= 11 is 0. The largest absolute Gasteiger partial charge is 0.488 e. The number of hydrogen-bond acceptors (Lipinski definition) is 6. The number of carbonyl (C=O) groups is 2. The van der Waals surface area contributed by atoms with Crippen molar-refractivity contribution in [2.24, 2.45) is 0 Å². The van der Waals surface area contributed by atoms with Crippen molar-refractivity contribution in [1.82, 2.24) is 10.2 Å². The lowest BCUT2D eigenvalue weighted by molar-refractivity contribution is 0.0696. The van der Waals surface area contributed by atoms with Crippen LogP contribution in [0.15, 0.2) is 54.7 Å². The van der Waals surface area contributed by atoms with E-state index in [0.717, 1.165) is 0 Å². The molecule has 0 radical (unpaired) electrons. The van der Waals surface area contributed by atoms with Crippen LogP contribution >= 0.6 is 0 Å². The third kappa shape index (κ3) is 5.58. The molecule has 156 valence electrons. The third-order valence-corrected chi connectivity index (χ3v) is 3.97. The van der Waals surface area contributed by atoms with Gasteiger partial charge >= 0.3 is 5.97 Å². The van der Waals surface area contributed by atoms with E-state index in [4.69, 9.17) is 19.3 Å². The molecule has 0 aliphatic heterocycles. The predicted molar refractivity (Wildman–Crippen MR) is 108 cm³/mol. The zero-order valence-corrected chi connectivity index (χ0v) is 16.4. The van der Waals surface area contributed by atoms with E-state index in [2.05, 4.69) is 15.5 Å². The number of carboxylic acids is 1. The first kappa shape index (κ1) is 20.9. The molecule has 0 bridgehead atoms. The molecule has 0 saturated carbocycles. The van der Waals surface area contributed by atoms with Gasteiger partial charge in [-0.25, -0.2) is 4.79 Å². The molecule has 0 spiro atoms. The Balaban J connectivity index is 1.86. The van der Waals surface area contributed by atoms with Crippen LogP contribution in [0.2, 0.25) is 0 Å². The number of anilines is 1. The number of carboxylic acid groups (broad SMARTS) is 1. The summed E-state index contributed by atoms with van der Waals surface area (Å²) in [5.41, 5.74) is 0.455. The van der Waals surface area contributed by atoms with Crippen LogP contribution in [0.25, 0.3) is 0 Å². The normalized spacial score (nSPS) is 11.5. The number of aromatic carboxylic acids is 1. The molecule has 0 aliphatic carbocycles. The van der Waals surface area contributed by atoms with Crippen LogP contribution in [0.5, 0.6) is 17.2 Å². The van der Waals surface area contributed by atoms with Gasteiger partial charge in [0.05, 0.1) is 18.4 Å². The Labute approximate surface area is 172 Å². The van der Waals surface area contributed by atoms with Gasteiger partial charge in [0.2, 0.25) is 0 Å². The average molecular weight is 411 g/mol. The minimum atomic E-state index is -1.03. The Hall–Kier alpha value is -3.85. The van der Waals surface area contributed by atoms with Crippen LogP contribution in [-0.2, 0) is 4.74 Å². The van der Waals surface area contributed by atoms with Crippen LogP contribution in [-0.4, -0.2) is 47.0 Å². The van der Waals surface area contributed by atoms with Crippen molar-refractivity contribution < 1.29 is 28.9 Å². The summed E-state index contributed by atoms with van der Waals surface area (Å²) in [7, 11) is 1.57. The molecule has 1 atom stereocenters. The SMILES string of the molecule is COC[C@H](C)Oc1cc(Oc2ccc(C(=O)O)cc2)cc(C(=O)Nc2ccn[nH]2)c1. The van der Waals surface area contributed by atoms with Crippen LogP contribution in [0.3, 0.4) is 0 Å². The summed E-state index contributed by atoms with van der Waals surface area (Å²) in [6, 6.07) is 12.4. The molecule has 3 N–H and O–H groups in total. The molecule has 0 unspecified atom stereocenters. The van der Waals surface area contributed by atoms with Crippen LogP contribution in [0, 0.1) is 0 Å². The second-order valence-corrected chi connectivity index (χ2v) is 6.43. The van der Waals surface area contributed by atoms with Crippen molar-refractivity contribution in [2.75, 3.05) is 19.0 Å². The lowest BCUT2D eigenvalue weighted by atomic mass is 10.1. The second-order valence-electron chi connectivity index (χ2n) is 6.43. The van der Waals surface area contributed by atoms with Crippen molar-refractivity contribution in [2.45, 2.75) is 13.0 Å². The van der Waals surface area contributed by atoms with Gasteiger partial charge in [0.25, 0.3) is 5.91 Å². The summed E-state index contributed by atoms with van der Waals surface area (Å²) in [6.07, 6.45) is 1.28. The number of methoxy groups -OCH3 is 1. The lowest BCUT2D eigenvalue weighted by Gasteiger charge is -2.16. The molecule has 0 fully saturated rings. The molecule has 1 amide bonds. The zero-order valence-electron chi connectivity index (χ0n) is 16.4. The standard InChI is InChI=1S/C21H21N3O6/c1-13(12-28-2)29-17-9-15(20(25)23-19-7-8-22-24-19)10-18(11-17)30-16-5-3-14(4-6-16)21(26)27/h3-11,13H,12H2,1-2H3,(H,26,27)(H2,22,23,24,25)/t13-/m0/s1. The number of benzene rings is 2. The first-order valence-electron chi connectivity index (χ1n) is 9.07. The highest BCUT2D eigenvalue weighted by molar-refractivity contribution is 6.04. The van der Waals surface area contributed by atoms with E-state index in [1.165, 1.54) is 30.5 Å². The van der Waals surface area contributed by atoms with Gasteiger partial charge in [-0.05, 0) is 43.3 Å². The van der Waals surface area contributed by atoms with Crippen molar-refractivity contribution in [3.05, 3.63) is 65.9 Å². The van der Waals surface area contributed by atoms with Crippen molar-refractivity contribution in [3.63, 3.8) is 0 Å². The van der Waals surface area contributed by atoms with Gasteiger partial charge < -0.3 is 24.6 Å². The molecule has 9 heteroatoms. The summed E-state index contributed by atoms with van der Waals surface area (Å²) in [4.78, 5) is 23.6. The Kier molecular flexibility index (Phi) is 6.66. The summed E-state index contributed by atoms with van der Waals surface area (Å²) in [6.45, 7) is 2.21. The van der Waals surface area contributed by atoms with Crippen molar-refractivity contribution in [1.29, 1.82) is 0 Å². The fourth-order valence-electron chi connectivity index (χ4n) is 2.65. The maximum atomic E-state index is 12.6. The molecule has 1 aromatic heterocycles. The summed E-state index contributed by atoms with van der Waals surface area (Å²) < 4.78 is 16.7. The topological polar surface area (TPSA) is 123 Å².